The van der Waals surface area contributed by atoms with Gasteiger partial charge >= 0.3 is 0 Å². The number of phenolic OH excluding ortho intramolecular Hbond substituents is 1. The lowest BCUT2D eigenvalue weighted by molar-refractivity contribution is -0.123. The van der Waals surface area contributed by atoms with Crippen LogP contribution < -0.4 is 10.2 Å². The molecule has 0 aliphatic carbocycles. The van der Waals surface area contributed by atoms with Crippen LogP contribution in [0.4, 0.5) is 0 Å². The molecule has 5 nitrogen and oxygen atoms in total. The van der Waals surface area contributed by atoms with E-state index in [2.05, 4.69) is 42.4 Å². The number of phenols is 1. The molecule has 2 aromatic rings. The molecule has 0 aromatic heterocycles. The van der Waals surface area contributed by atoms with Crippen LogP contribution in [0.25, 0.3) is 0 Å². The molecule has 0 spiro atoms. The maximum Gasteiger partial charge on any atom is 0.277 e. The number of benzene rings is 2. The first kappa shape index (κ1) is 17.5. The molecule has 0 fully saturated rings. The molecule has 0 radical (unpaired) electrons. The SMILES string of the molecule is CC(=NNC(=O)COc1ccc(Br)cc1Br)c1ccc(O)cc1. The number of hydrogen-bond acceptors (Lipinski definition) is 4. The van der Waals surface area contributed by atoms with E-state index >= 15 is 0 Å². The molecule has 0 heterocycles. The van der Waals surface area contributed by atoms with Crippen molar-refractivity contribution < 1.29 is 14.6 Å². The van der Waals surface area contributed by atoms with Gasteiger partial charge in [-0.3, -0.25) is 4.79 Å². The standard InChI is InChI=1S/C16H14Br2N2O3/c1-10(11-2-5-13(21)6-3-11)19-20-16(22)9-23-15-7-4-12(17)8-14(15)18/h2-8,21H,9H2,1H3,(H,20,22). The van der Waals surface area contributed by atoms with Gasteiger partial charge in [0.05, 0.1) is 10.2 Å². The molecule has 7 heteroatoms. The number of nitrogens with zero attached hydrogens (tertiary/aromatic N) is 1. The lowest BCUT2D eigenvalue weighted by atomic mass is 10.1. The second-order valence-corrected chi connectivity index (χ2v) is 6.41. The van der Waals surface area contributed by atoms with E-state index in [0.29, 0.717) is 11.5 Å². The summed E-state index contributed by atoms with van der Waals surface area (Å²) < 4.78 is 7.09. The predicted octanol–water partition coefficient (Wildman–Crippen LogP) is 3.84. The number of carbonyl (C=O) groups excluding carboxylic acids is 1. The Balaban J connectivity index is 1.89. The van der Waals surface area contributed by atoms with Crippen molar-refractivity contribution in [1.29, 1.82) is 0 Å². The Morgan fingerprint density at radius 2 is 1.91 bits per heavy atom. The van der Waals surface area contributed by atoms with Gasteiger partial charge in [0.1, 0.15) is 11.5 Å². The molecule has 2 rings (SSSR count). The van der Waals surface area contributed by atoms with E-state index in [4.69, 9.17) is 4.74 Å². The van der Waals surface area contributed by atoms with Gasteiger partial charge in [-0.05, 0) is 70.9 Å². The first-order chi connectivity index (χ1) is 11.0. The third-order valence-electron chi connectivity index (χ3n) is 2.89. The number of rotatable bonds is 5. The summed E-state index contributed by atoms with van der Waals surface area (Å²) in [5.74, 6) is 0.389. The van der Waals surface area contributed by atoms with Crippen molar-refractivity contribution >= 4 is 43.5 Å². The van der Waals surface area contributed by atoms with E-state index in [0.717, 1.165) is 14.5 Å². The Kier molecular flexibility index (Phi) is 6.18. The number of nitrogens with one attached hydrogen (secondary N) is 1. The molecule has 0 aliphatic heterocycles. The van der Waals surface area contributed by atoms with Crippen molar-refractivity contribution in [2.75, 3.05) is 6.61 Å². The molecular weight excluding hydrogens is 428 g/mol. The highest BCUT2D eigenvalue weighted by Gasteiger charge is 2.06. The van der Waals surface area contributed by atoms with Gasteiger partial charge in [0, 0.05) is 4.47 Å². The zero-order chi connectivity index (χ0) is 16.8. The minimum atomic E-state index is -0.363. The van der Waals surface area contributed by atoms with E-state index in [9.17, 15) is 9.90 Å². The molecule has 0 atom stereocenters. The molecule has 120 valence electrons. The average Bonchev–Trinajstić information content (AvgIpc) is 2.52. The topological polar surface area (TPSA) is 70.9 Å². The number of amides is 1. The summed E-state index contributed by atoms with van der Waals surface area (Å²) in [6.07, 6.45) is 0. The maximum atomic E-state index is 11.8. The van der Waals surface area contributed by atoms with Crippen LogP contribution in [0.1, 0.15) is 12.5 Å². The van der Waals surface area contributed by atoms with E-state index in [1.807, 2.05) is 12.1 Å². The fourth-order valence-corrected chi connectivity index (χ4v) is 2.84. The van der Waals surface area contributed by atoms with Crippen molar-refractivity contribution in [3.8, 4) is 11.5 Å². The third kappa shape index (κ3) is 5.37. The van der Waals surface area contributed by atoms with Gasteiger partial charge in [-0.2, -0.15) is 5.10 Å². The number of carbonyl (C=O) groups is 1. The summed E-state index contributed by atoms with van der Waals surface area (Å²) in [7, 11) is 0. The van der Waals surface area contributed by atoms with Crippen LogP contribution in [0.15, 0.2) is 56.5 Å². The highest BCUT2D eigenvalue weighted by molar-refractivity contribution is 9.11. The van der Waals surface area contributed by atoms with Gasteiger partial charge in [0.15, 0.2) is 6.61 Å². The summed E-state index contributed by atoms with van der Waals surface area (Å²) in [4.78, 5) is 11.8. The summed E-state index contributed by atoms with van der Waals surface area (Å²) in [6, 6.07) is 12.0. The van der Waals surface area contributed by atoms with Crippen LogP contribution in [0.3, 0.4) is 0 Å². The van der Waals surface area contributed by atoms with Crippen molar-refractivity contribution in [1.82, 2.24) is 5.43 Å². The minimum absolute atomic E-state index is 0.146. The van der Waals surface area contributed by atoms with Crippen LogP contribution in [-0.4, -0.2) is 23.3 Å². The quantitative estimate of drug-likeness (QED) is 0.547. The minimum Gasteiger partial charge on any atom is -0.508 e. The zero-order valence-electron chi connectivity index (χ0n) is 12.2. The fraction of sp³-hybridized carbons (Fsp3) is 0.125. The van der Waals surface area contributed by atoms with Gasteiger partial charge in [-0.25, -0.2) is 5.43 Å². The Hall–Kier alpha value is -1.86. The zero-order valence-corrected chi connectivity index (χ0v) is 15.4. The van der Waals surface area contributed by atoms with Gasteiger partial charge in [-0.1, -0.05) is 15.9 Å². The molecule has 0 saturated heterocycles. The molecular formula is C16H14Br2N2O3. The molecule has 2 N–H and O–H groups in total. The predicted molar refractivity (Wildman–Crippen MR) is 95.8 cm³/mol. The van der Waals surface area contributed by atoms with E-state index in [-0.39, 0.29) is 18.3 Å². The molecule has 2 aromatic carbocycles. The van der Waals surface area contributed by atoms with Gasteiger partial charge < -0.3 is 9.84 Å². The summed E-state index contributed by atoms with van der Waals surface area (Å²) in [6.45, 7) is 1.62. The molecule has 1 amide bonds. The Bertz CT molecular complexity index is 731. The maximum absolute atomic E-state index is 11.8. The second-order valence-electron chi connectivity index (χ2n) is 4.64. The van der Waals surface area contributed by atoms with Gasteiger partial charge in [-0.15, -0.1) is 0 Å². The van der Waals surface area contributed by atoms with Gasteiger partial charge in [0.2, 0.25) is 0 Å². The van der Waals surface area contributed by atoms with Crippen LogP contribution in [-0.2, 0) is 4.79 Å². The first-order valence-electron chi connectivity index (χ1n) is 6.66. The van der Waals surface area contributed by atoms with Gasteiger partial charge in [0.25, 0.3) is 5.91 Å². The fourth-order valence-electron chi connectivity index (χ4n) is 1.68. The third-order valence-corrected chi connectivity index (χ3v) is 4.00. The van der Waals surface area contributed by atoms with Crippen molar-refractivity contribution in [3.63, 3.8) is 0 Å². The monoisotopic (exact) mass is 440 g/mol. The van der Waals surface area contributed by atoms with Crippen molar-refractivity contribution in [2.24, 2.45) is 5.10 Å². The normalized spacial score (nSPS) is 11.2. The number of aromatic hydroxyl groups is 1. The number of ether oxygens (including phenoxy) is 1. The number of halogens is 2. The first-order valence-corrected chi connectivity index (χ1v) is 8.24. The van der Waals surface area contributed by atoms with E-state index in [1.165, 1.54) is 0 Å². The highest BCUT2D eigenvalue weighted by Crippen LogP contribution is 2.28. The Labute approximate surface area is 150 Å². The van der Waals surface area contributed by atoms with Crippen molar-refractivity contribution in [2.45, 2.75) is 6.92 Å². The second kappa shape index (κ2) is 8.12. The number of hydrazone groups is 1. The molecule has 0 saturated carbocycles. The van der Waals surface area contributed by atoms with Crippen LogP contribution in [0.5, 0.6) is 11.5 Å². The van der Waals surface area contributed by atoms with E-state index in [1.54, 1.807) is 37.3 Å². The molecule has 0 bridgehead atoms. The lowest BCUT2D eigenvalue weighted by Crippen LogP contribution is -2.25. The van der Waals surface area contributed by atoms with Crippen LogP contribution >= 0.6 is 31.9 Å². The average molecular weight is 442 g/mol. The van der Waals surface area contributed by atoms with E-state index < -0.39 is 0 Å². The Morgan fingerprint density at radius 3 is 2.57 bits per heavy atom. The van der Waals surface area contributed by atoms with Crippen LogP contribution in [0.2, 0.25) is 0 Å². The lowest BCUT2D eigenvalue weighted by Gasteiger charge is -2.08. The highest BCUT2D eigenvalue weighted by atomic mass is 79.9. The van der Waals surface area contributed by atoms with Crippen LogP contribution in [0, 0.1) is 0 Å². The van der Waals surface area contributed by atoms with Crippen molar-refractivity contribution in [3.05, 3.63) is 57.0 Å². The molecule has 0 aliphatic rings. The summed E-state index contributed by atoms with van der Waals surface area (Å²) in [5, 5.41) is 13.3. The summed E-state index contributed by atoms with van der Waals surface area (Å²) in [5.41, 5.74) is 3.87. The Morgan fingerprint density at radius 1 is 1.22 bits per heavy atom. The molecule has 23 heavy (non-hydrogen) atoms. The smallest absolute Gasteiger partial charge is 0.277 e. The molecule has 0 unspecified atom stereocenters. The largest absolute Gasteiger partial charge is 0.508 e. The summed E-state index contributed by atoms with van der Waals surface area (Å²) >= 11 is 6.71. The number of hydrogen-bond donors (Lipinski definition) is 2.